The molecule has 0 aromatic heterocycles. The van der Waals surface area contributed by atoms with Crippen molar-refractivity contribution < 1.29 is 18.0 Å². The summed E-state index contributed by atoms with van der Waals surface area (Å²) in [4.78, 5) is 10.4. The summed E-state index contributed by atoms with van der Waals surface area (Å²) in [5.74, 6) is 0. The Hall–Kier alpha value is -1.29. The maximum Gasteiger partial charge on any atom is 0.416 e. The molecule has 1 aromatic rings. The summed E-state index contributed by atoms with van der Waals surface area (Å²) in [6.07, 6.45) is -2.51. The second kappa shape index (κ2) is 4.49. The summed E-state index contributed by atoms with van der Waals surface area (Å²) in [6.45, 7) is 0. The van der Waals surface area contributed by atoms with E-state index in [1.807, 2.05) is 0 Å². The van der Waals surface area contributed by atoms with Crippen LogP contribution in [-0.2, 0) is 11.0 Å². The molecule has 0 aliphatic heterocycles. The number of allylic oxidation sites excluding steroid dienone is 1. The average molecular weight is 235 g/mol. The lowest BCUT2D eigenvalue weighted by atomic mass is 10.1. The van der Waals surface area contributed by atoms with Crippen molar-refractivity contribution in [1.82, 2.24) is 0 Å². The predicted octanol–water partition coefficient (Wildman–Crippen LogP) is 3.48. The van der Waals surface area contributed by atoms with Gasteiger partial charge in [-0.3, -0.25) is 4.79 Å². The largest absolute Gasteiger partial charge is 0.416 e. The predicted molar refractivity (Wildman–Crippen MR) is 51.3 cm³/mol. The number of halogens is 4. The molecule has 0 heterocycles. The summed E-state index contributed by atoms with van der Waals surface area (Å²) >= 11 is 4.99. The van der Waals surface area contributed by atoms with Gasteiger partial charge in [0.25, 0.3) is 0 Å². The van der Waals surface area contributed by atoms with E-state index >= 15 is 0 Å². The molecule has 0 saturated heterocycles. The van der Waals surface area contributed by atoms with E-state index in [0.717, 1.165) is 18.2 Å². The van der Waals surface area contributed by atoms with Crippen LogP contribution in [0, 0.1) is 0 Å². The summed E-state index contributed by atoms with van der Waals surface area (Å²) in [7, 11) is 0. The van der Waals surface area contributed by atoms with Gasteiger partial charge in [0.2, 0.25) is 5.24 Å². The summed E-state index contributed by atoms with van der Waals surface area (Å²) in [5, 5.41) is -0.813. The zero-order chi connectivity index (χ0) is 11.5. The molecule has 15 heavy (non-hydrogen) atoms. The molecular formula is C10H6ClF3O. The Labute approximate surface area is 89.2 Å². The zero-order valence-electron chi connectivity index (χ0n) is 7.38. The molecule has 80 valence electrons. The van der Waals surface area contributed by atoms with E-state index < -0.39 is 17.0 Å². The number of carbonyl (C=O) groups excluding carboxylic acids is 1. The summed E-state index contributed by atoms with van der Waals surface area (Å²) < 4.78 is 37.3. The van der Waals surface area contributed by atoms with E-state index in [4.69, 9.17) is 11.6 Å². The van der Waals surface area contributed by atoms with E-state index in [0.29, 0.717) is 0 Å². The number of hydrogen-bond acceptors (Lipinski definition) is 1. The Kier molecular flexibility index (Phi) is 3.52. The van der Waals surface area contributed by atoms with Crippen LogP contribution in [-0.4, -0.2) is 5.24 Å². The highest BCUT2D eigenvalue weighted by atomic mass is 35.5. The van der Waals surface area contributed by atoms with Crippen molar-refractivity contribution in [1.29, 1.82) is 0 Å². The molecule has 0 spiro atoms. The minimum absolute atomic E-state index is 0.0843. The molecule has 0 aliphatic rings. The van der Waals surface area contributed by atoms with Crippen LogP contribution in [0.4, 0.5) is 13.2 Å². The van der Waals surface area contributed by atoms with Crippen molar-refractivity contribution in [2.75, 3.05) is 0 Å². The fraction of sp³-hybridized carbons (Fsp3) is 0.100. The smallest absolute Gasteiger partial charge is 0.276 e. The second-order valence-electron chi connectivity index (χ2n) is 2.72. The third-order valence-corrected chi connectivity index (χ3v) is 1.79. The van der Waals surface area contributed by atoms with Gasteiger partial charge >= 0.3 is 6.18 Å². The molecule has 0 bridgehead atoms. The maximum atomic E-state index is 12.4. The highest BCUT2D eigenvalue weighted by molar-refractivity contribution is 6.66. The standard InChI is InChI=1S/C10H6ClF3O/c11-9(15)6-5-7-3-1-2-4-8(7)10(12,13)14/h1-6H/b6-5+. The van der Waals surface area contributed by atoms with Crippen LogP contribution in [0.15, 0.2) is 30.3 Å². The Morgan fingerprint density at radius 1 is 1.27 bits per heavy atom. The van der Waals surface area contributed by atoms with Crippen LogP contribution < -0.4 is 0 Å². The van der Waals surface area contributed by atoms with Crippen molar-refractivity contribution in [3.05, 3.63) is 41.5 Å². The lowest BCUT2D eigenvalue weighted by Crippen LogP contribution is -2.06. The molecule has 0 atom stereocenters. The first-order valence-corrected chi connectivity index (χ1v) is 4.33. The van der Waals surface area contributed by atoms with Crippen molar-refractivity contribution in [2.24, 2.45) is 0 Å². The molecular weight excluding hydrogens is 229 g/mol. The van der Waals surface area contributed by atoms with Gasteiger partial charge in [0.15, 0.2) is 0 Å². The van der Waals surface area contributed by atoms with E-state index in [1.54, 1.807) is 0 Å². The number of rotatable bonds is 2. The van der Waals surface area contributed by atoms with Crippen molar-refractivity contribution in [3.8, 4) is 0 Å². The molecule has 0 saturated carbocycles. The van der Waals surface area contributed by atoms with Gasteiger partial charge in [-0.25, -0.2) is 0 Å². The van der Waals surface area contributed by atoms with Gasteiger partial charge in [0, 0.05) is 0 Å². The Morgan fingerprint density at radius 3 is 2.40 bits per heavy atom. The average Bonchev–Trinajstić information content (AvgIpc) is 2.13. The quantitative estimate of drug-likeness (QED) is 0.566. The first kappa shape index (κ1) is 11.8. The van der Waals surface area contributed by atoms with Gasteiger partial charge in [0.1, 0.15) is 0 Å². The fourth-order valence-electron chi connectivity index (χ4n) is 1.06. The second-order valence-corrected chi connectivity index (χ2v) is 3.09. The lowest BCUT2D eigenvalue weighted by Gasteiger charge is -2.09. The van der Waals surface area contributed by atoms with Gasteiger partial charge in [-0.15, -0.1) is 0 Å². The topological polar surface area (TPSA) is 17.1 Å². The molecule has 0 unspecified atom stereocenters. The first-order valence-electron chi connectivity index (χ1n) is 3.95. The molecule has 0 fully saturated rings. The van der Waals surface area contributed by atoms with Crippen molar-refractivity contribution in [3.63, 3.8) is 0 Å². The third kappa shape index (κ3) is 3.40. The van der Waals surface area contributed by atoms with Crippen LogP contribution in [0.2, 0.25) is 0 Å². The number of alkyl halides is 3. The fourth-order valence-corrected chi connectivity index (χ4v) is 1.12. The van der Waals surface area contributed by atoms with Crippen molar-refractivity contribution in [2.45, 2.75) is 6.18 Å². The summed E-state index contributed by atoms with van der Waals surface area (Å²) in [6, 6.07) is 4.94. The van der Waals surface area contributed by atoms with E-state index in [9.17, 15) is 18.0 Å². The van der Waals surface area contributed by atoms with Crippen LogP contribution in [0.5, 0.6) is 0 Å². The van der Waals surface area contributed by atoms with Gasteiger partial charge in [-0.05, 0) is 35.4 Å². The maximum absolute atomic E-state index is 12.4. The lowest BCUT2D eigenvalue weighted by molar-refractivity contribution is -0.137. The van der Waals surface area contributed by atoms with Crippen LogP contribution in [0.1, 0.15) is 11.1 Å². The number of carbonyl (C=O) groups is 1. The molecule has 0 amide bonds. The molecule has 1 rings (SSSR count). The Morgan fingerprint density at radius 2 is 1.87 bits per heavy atom. The normalized spacial score (nSPS) is 12.0. The van der Waals surface area contributed by atoms with Crippen LogP contribution in [0.25, 0.3) is 6.08 Å². The van der Waals surface area contributed by atoms with E-state index in [-0.39, 0.29) is 5.56 Å². The zero-order valence-corrected chi connectivity index (χ0v) is 8.14. The SMILES string of the molecule is O=C(Cl)/C=C/c1ccccc1C(F)(F)F. The Balaban J connectivity index is 3.13. The van der Waals surface area contributed by atoms with Gasteiger partial charge in [-0.1, -0.05) is 18.2 Å². The third-order valence-electron chi connectivity index (χ3n) is 1.66. The molecule has 1 aromatic carbocycles. The van der Waals surface area contributed by atoms with E-state index in [1.165, 1.54) is 18.2 Å². The van der Waals surface area contributed by atoms with Gasteiger partial charge < -0.3 is 0 Å². The minimum atomic E-state index is -4.43. The monoisotopic (exact) mass is 234 g/mol. The van der Waals surface area contributed by atoms with E-state index in [2.05, 4.69) is 0 Å². The Bertz CT molecular complexity index is 396. The van der Waals surface area contributed by atoms with Crippen molar-refractivity contribution >= 4 is 22.9 Å². The van der Waals surface area contributed by atoms with Gasteiger partial charge in [0.05, 0.1) is 5.56 Å². The molecule has 1 nitrogen and oxygen atoms in total. The highest BCUT2D eigenvalue weighted by Gasteiger charge is 2.32. The number of hydrogen-bond donors (Lipinski definition) is 0. The highest BCUT2D eigenvalue weighted by Crippen LogP contribution is 2.32. The van der Waals surface area contributed by atoms with Gasteiger partial charge in [-0.2, -0.15) is 13.2 Å². The molecule has 0 N–H and O–H groups in total. The molecule has 0 aliphatic carbocycles. The summed E-state index contributed by atoms with van der Waals surface area (Å²) in [5.41, 5.74) is -0.877. The first-order chi connectivity index (χ1) is 6.91. The molecule has 5 heteroatoms. The molecule has 0 radical (unpaired) electrons. The number of benzene rings is 1. The minimum Gasteiger partial charge on any atom is -0.276 e. The van der Waals surface area contributed by atoms with Crippen LogP contribution in [0.3, 0.4) is 0 Å². The van der Waals surface area contributed by atoms with Crippen LogP contribution >= 0.6 is 11.6 Å².